The number of rotatable bonds is 2. The van der Waals surface area contributed by atoms with E-state index in [4.69, 9.17) is 45.0 Å². The smallest absolute Gasteiger partial charge is 0.294 e. The monoisotopic (exact) mass is 403 g/mol. The number of nitrogens with two attached hydrogens (primary N) is 3. The summed E-state index contributed by atoms with van der Waals surface area (Å²) in [6, 6.07) is 12.2. The molecule has 0 heterocycles. The lowest BCUT2D eigenvalue weighted by molar-refractivity contribution is 0.483. The zero-order chi connectivity index (χ0) is 19.0. The third-order valence-electron chi connectivity index (χ3n) is 2.43. The van der Waals surface area contributed by atoms with E-state index in [0.29, 0.717) is 15.7 Å². The third kappa shape index (κ3) is 7.86. The molecule has 0 fully saturated rings. The standard InChI is InChI=1S/C8H9Cl2N5.C6H6O3S/c9-4-1-2-6(5(10)3-4)14-8(13)15-7(11)12;7-10(8,9)6-4-2-1-3-5-6/h1-3H,(H6,11,12,13,14,15);1-5H,(H,7,8,9). The normalized spacial score (nSPS) is 11.2. The van der Waals surface area contributed by atoms with Gasteiger partial charge in [0.2, 0.25) is 5.96 Å². The number of hydrogen-bond acceptors (Lipinski definition) is 3. The Balaban J connectivity index is 0.000000271. The fourth-order valence-electron chi connectivity index (χ4n) is 1.45. The van der Waals surface area contributed by atoms with Crippen LogP contribution in [0.15, 0.2) is 63.4 Å². The first-order valence-electron chi connectivity index (χ1n) is 6.51. The Labute approximate surface area is 154 Å². The van der Waals surface area contributed by atoms with E-state index < -0.39 is 10.1 Å². The molecule has 0 aliphatic heterocycles. The Morgan fingerprint density at radius 1 is 1.00 bits per heavy atom. The highest BCUT2D eigenvalue weighted by Crippen LogP contribution is 2.27. The van der Waals surface area contributed by atoms with E-state index in [9.17, 15) is 8.42 Å². The van der Waals surface area contributed by atoms with Gasteiger partial charge < -0.3 is 17.2 Å². The van der Waals surface area contributed by atoms with Crippen molar-refractivity contribution in [2.45, 2.75) is 4.90 Å². The molecule has 11 heteroatoms. The fourth-order valence-corrected chi connectivity index (χ4v) is 2.40. The molecule has 2 rings (SSSR count). The van der Waals surface area contributed by atoms with E-state index in [2.05, 4.69) is 9.98 Å². The van der Waals surface area contributed by atoms with Crippen LogP contribution in [0.5, 0.6) is 0 Å². The molecule has 0 aliphatic rings. The van der Waals surface area contributed by atoms with Crippen LogP contribution in [-0.4, -0.2) is 24.9 Å². The summed E-state index contributed by atoms with van der Waals surface area (Å²) in [6.07, 6.45) is 0. The predicted octanol–water partition coefficient (Wildman–Crippen LogP) is 2.15. The van der Waals surface area contributed by atoms with Crippen LogP contribution in [-0.2, 0) is 10.1 Å². The van der Waals surface area contributed by atoms with E-state index in [1.807, 2.05) is 0 Å². The fraction of sp³-hybridized carbons (Fsp3) is 0. The van der Waals surface area contributed by atoms with Crippen LogP contribution in [0.1, 0.15) is 0 Å². The number of aliphatic imine (C=N–C) groups is 2. The second kappa shape index (κ2) is 9.23. The minimum absolute atomic E-state index is 0.0702. The van der Waals surface area contributed by atoms with Crippen LogP contribution < -0.4 is 17.2 Å². The molecule has 0 amide bonds. The molecule has 0 atom stereocenters. The number of halogens is 2. The average Bonchev–Trinajstić information content (AvgIpc) is 2.50. The first-order chi connectivity index (χ1) is 11.6. The molecular formula is C14H15Cl2N5O3S. The van der Waals surface area contributed by atoms with Gasteiger partial charge in [-0.15, -0.1) is 0 Å². The first kappa shape index (κ1) is 20.7. The van der Waals surface area contributed by atoms with Crippen molar-refractivity contribution in [3.05, 3.63) is 58.6 Å². The van der Waals surface area contributed by atoms with Crippen molar-refractivity contribution in [3.63, 3.8) is 0 Å². The molecule has 0 spiro atoms. The highest BCUT2D eigenvalue weighted by atomic mass is 35.5. The van der Waals surface area contributed by atoms with Crippen molar-refractivity contribution in [2.75, 3.05) is 0 Å². The number of benzene rings is 2. The van der Waals surface area contributed by atoms with Gasteiger partial charge in [0.15, 0.2) is 5.96 Å². The second-order valence-corrected chi connectivity index (χ2v) is 6.66. The molecular weight excluding hydrogens is 389 g/mol. The number of guanidine groups is 2. The number of hydrogen-bond donors (Lipinski definition) is 4. The maximum absolute atomic E-state index is 10.4. The summed E-state index contributed by atoms with van der Waals surface area (Å²) in [6.45, 7) is 0. The van der Waals surface area contributed by atoms with Gasteiger partial charge in [0, 0.05) is 5.02 Å². The zero-order valence-electron chi connectivity index (χ0n) is 12.7. The lowest BCUT2D eigenvalue weighted by atomic mass is 10.3. The van der Waals surface area contributed by atoms with Crippen molar-refractivity contribution in [1.29, 1.82) is 0 Å². The minimum atomic E-state index is -4.00. The van der Waals surface area contributed by atoms with Gasteiger partial charge >= 0.3 is 0 Å². The minimum Gasteiger partial charge on any atom is -0.370 e. The summed E-state index contributed by atoms with van der Waals surface area (Å²) < 4.78 is 29.2. The molecule has 0 bridgehead atoms. The summed E-state index contributed by atoms with van der Waals surface area (Å²) in [5.74, 6) is -0.236. The Kier molecular flexibility index (Phi) is 7.65. The molecule has 0 radical (unpaired) electrons. The van der Waals surface area contributed by atoms with Gasteiger partial charge in [-0.2, -0.15) is 13.4 Å². The van der Waals surface area contributed by atoms with Crippen LogP contribution in [0, 0.1) is 0 Å². The van der Waals surface area contributed by atoms with Gasteiger partial charge in [-0.3, -0.25) is 4.55 Å². The van der Waals surface area contributed by atoms with Crippen molar-refractivity contribution < 1.29 is 13.0 Å². The summed E-state index contributed by atoms with van der Waals surface area (Å²) in [7, 11) is -4.00. The van der Waals surface area contributed by atoms with E-state index in [1.54, 1.807) is 36.4 Å². The molecule has 134 valence electrons. The van der Waals surface area contributed by atoms with E-state index in [-0.39, 0.29) is 16.8 Å². The van der Waals surface area contributed by atoms with Crippen LogP contribution in [0.4, 0.5) is 5.69 Å². The molecule has 2 aromatic rings. The van der Waals surface area contributed by atoms with Gasteiger partial charge in [-0.25, -0.2) is 4.99 Å². The SMILES string of the molecule is NC(N)=NC(N)=Nc1ccc(Cl)cc1Cl.O=S(=O)(O)c1ccccc1. The molecule has 0 aromatic heterocycles. The third-order valence-corrected chi connectivity index (χ3v) is 3.84. The molecule has 0 unspecified atom stereocenters. The summed E-state index contributed by atoms with van der Waals surface area (Å²) >= 11 is 11.6. The quantitative estimate of drug-likeness (QED) is 0.341. The van der Waals surface area contributed by atoms with Crippen LogP contribution >= 0.6 is 23.2 Å². The van der Waals surface area contributed by atoms with E-state index >= 15 is 0 Å². The zero-order valence-corrected chi connectivity index (χ0v) is 15.0. The maximum atomic E-state index is 10.4. The summed E-state index contributed by atoms with van der Waals surface area (Å²) in [5, 5.41) is 0.885. The van der Waals surface area contributed by atoms with Gasteiger partial charge in [0.1, 0.15) is 0 Å². The van der Waals surface area contributed by atoms with Gasteiger partial charge in [0.05, 0.1) is 15.6 Å². The average molecular weight is 404 g/mol. The lowest BCUT2D eigenvalue weighted by Crippen LogP contribution is -2.26. The van der Waals surface area contributed by atoms with Crippen molar-refractivity contribution in [1.82, 2.24) is 0 Å². The van der Waals surface area contributed by atoms with E-state index in [0.717, 1.165) is 0 Å². The van der Waals surface area contributed by atoms with Crippen molar-refractivity contribution in [3.8, 4) is 0 Å². The van der Waals surface area contributed by atoms with Gasteiger partial charge in [0.25, 0.3) is 10.1 Å². The van der Waals surface area contributed by atoms with Crippen LogP contribution in [0.25, 0.3) is 0 Å². The molecule has 2 aromatic carbocycles. The molecule has 7 N–H and O–H groups in total. The second-order valence-electron chi connectivity index (χ2n) is 4.39. The van der Waals surface area contributed by atoms with Gasteiger partial charge in [-0.1, -0.05) is 41.4 Å². The first-order valence-corrected chi connectivity index (χ1v) is 8.70. The molecule has 0 saturated carbocycles. The highest BCUT2D eigenvalue weighted by Gasteiger charge is 2.05. The molecule has 0 aliphatic carbocycles. The van der Waals surface area contributed by atoms with E-state index in [1.165, 1.54) is 12.1 Å². The topological polar surface area (TPSA) is 157 Å². The largest absolute Gasteiger partial charge is 0.370 e. The Hall–Kier alpha value is -2.33. The molecule has 0 saturated heterocycles. The highest BCUT2D eigenvalue weighted by molar-refractivity contribution is 7.85. The van der Waals surface area contributed by atoms with Crippen molar-refractivity contribution >= 4 is 50.9 Å². The maximum Gasteiger partial charge on any atom is 0.294 e. The lowest BCUT2D eigenvalue weighted by Gasteiger charge is -1.99. The van der Waals surface area contributed by atoms with Crippen LogP contribution in [0.3, 0.4) is 0 Å². The molecule has 8 nitrogen and oxygen atoms in total. The summed E-state index contributed by atoms with van der Waals surface area (Å²) in [4.78, 5) is 7.37. The predicted molar refractivity (Wildman–Crippen MR) is 99.8 cm³/mol. The van der Waals surface area contributed by atoms with Gasteiger partial charge in [-0.05, 0) is 30.3 Å². The Bertz CT molecular complexity index is 883. The number of nitrogens with zero attached hydrogens (tertiary/aromatic N) is 2. The van der Waals surface area contributed by atoms with Crippen LogP contribution in [0.2, 0.25) is 10.0 Å². The Morgan fingerprint density at radius 2 is 1.60 bits per heavy atom. The van der Waals surface area contributed by atoms with Crippen molar-refractivity contribution in [2.24, 2.45) is 27.2 Å². The summed E-state index contributed by atoms with van der Waals surface area (Å²) in [5.41, 5.74) is 16.1. The Morgan fingerprint density at radius 3 is 2.04 bits per heavy atom. The molecule has 25 heavy (non-hydrogen) atoms.